The number of carbonyl (C=O) groups excluding carboxylic acids is 2. The van der Waals surface area contributed by atoms with Crippen LogP contribution in [0.15, 0.2) is 22.8 Å². The molecule has 4 N–H and O–H groups in total. The lowest BCUT2D eigenvalue weighted by atomic mass is 10.4. The number of amides is 2. The average molecular weight is 314 g/mol. The highest BCUT2D eigenvalue weighted by molar-refractivity contribution is 7.80. The largest absolute Gasteiger partial charge is 0.459 e. The summed E-state index contributed by atoms with van der Waals surface area (Å²) in [6, 6.07) is 3.09. The molecule has 0 radical (unpaired) electrons. The minimum atomic E-state index is -0.468. The van der Waals surface area contributed by atoms with Gasteiger partial charge in [-0.2, -0.15) is 0 Å². The maximum atomic E-state index is 11.5. The average Bonchev–Trinajstić information content (AvgIpc) is 2.97. The second kappa shape index (κ2) is 8.93. The van der Waals surface area contributed by atoms with Gasteiger partial charge in [-0.3, -0.25) is 20.4 Å². The highest BCUT2D eigenvalue weighted by atomic mass is 32.1. The Bertz CT molecular complexity index is 478. The van der Waals surface area contributed by atoms with Crippen LogP contribution in [-0.4, -0.2) is 43.2 Å². The van der Waals surface area contributed by atoms with Crippen LogP contribution in [0.25, 0.3) is 0 Å². The van der Waals surface area contributed by atoms with Crippen molar-refractivity contribution in [3.63, 3.8) is 0 Å². The van der Waals surface area contributed by atoms with Crippen molar-refractivity contribution in [1.82, 2.24) is 21.5 Å². The molecule has 21 heavy (non-hydrogen) atoms. The van der Waals surface area contributed by atoms with Crippen LogP contribution in [-0.2, 0) is 9.53 Å². The Morgan fingerprint density at radius 2 is 2.19 bits per heavy atom. The monoisotopic (exact) mass is 314 g/mol. The van der Waals surface area contributed by atoms with Gasteiger partial charge in [0.1, 0.15) is 0 Å². The fraction of sp³-hybridized carbons (Fsp3) is 0.417. The first-order chi connectivity index (χ1) is 10.0. The van der Waals surface area contributed by atoms with Gasteiger partial charge >= 0.3 is 0 Å². The van der Waals surface area contributed by atoms with Crippen molar-refractivity contribution in [3.05, 3.63) is 24.2 Å². The quantitative estimate of drug-likeness (QED) is 0.416. The molecule has 1 aromatic heterocycles. The zero-order valence-electron chi connectivity index (χ0n) is 11.8. The van der Waals surface area contributed by atoms with Gasteiger partial charge in [-0.15, -0.1) is 0 Å². The topological polar surface area (TPSA) is 105 Å². The first-order valence-corrected chi connectivity index (χ1v) is 6.59. The zero-order valence-corrected chi connectivity index (χ0v) is 12.6. The van der Waals surface area contributed by atoms with Gasteiger partial charge in [-0.05, 0) is 31.3 Å². The van der Waals surface area contributed by atoms with Gasteiger partial charge in [0.15, 0.2) is 10.9 Å². The molecule has 0 fully saturated rings. The number of hydrazine groups is 1. The molecule has 0 unspecified atom stereocenters. The van der Waals surface area contributed by atoms with Crippen molar-refractivity contribution in [3.8, 4) is 0 Å². The zero-order chi connectivity index (χ0) is 15.7. The summed E-state index contributed by atoms with van der Waals surface area (Å²) in [6.07, 6.45) is 1.38. The van der Waals surface area contributed by atoms with Crippen molar-refractivity contribution in [2.24, 2.45) is 0 Å². The fourth-order valence-electron chi connectivity index (χ4n) is 1.38. The van der Waals surface area contributed by atoms with E-state index in [0.717, 1.165) is 0 Å². The molecule has 2 amide bonds. The van der Waals surface area contributed by atoms with Crippen molar-refractivity contribution < 1.29 is 18.7 Å². The minimum absolute atomic E-state index is 0.00515. The molecule has 0 saturated carbocycles. The van der Waals surface area contributed by atoms with Crippen molar-refractivity contribution in [2.45, 2.75) is 13.0 Å². The summed E-state index contributed by atoms with van der Waals surface area (Å²) in [7, 11) is 1.58. The van der Waals surface area contributed by atoms with Crippen LogP contribution in [0.1, 0.15) is 17.5 Å². The normalized spacial score (nSPS) is 11.3. The summed E-state index contributed by atoms with van der Waals surface area (Å²) in [6.45, 7) is 2.15. The molecular weight excluding hydrogens is 296 g/mol. The van der Waals surface area contributed by atoms with Crippen LogP contribution in [0.4, 0.5) is 0 Å². The van der Waals surface area contributed by atoms with Gasteiger partial charge in [-0.25, -0.2) is 0 Å². The fourth-order valence-corrected chi connectivity index (χ4v) is 1.63. The maximum absolute atomic E-state index is 11.5. The van der Waals surface area contributed by atoms with Crippen LogP contribution in [0.2, 0.25) is 0 Å². The predicted octanol–water partition coefficient (Wildman–Crippen LogP) is -0.460. The van der Waals surface area contributed by atoms with Gasteiger partial charge in [0.2, 0.25) is 0 Å². The first kappa shape index (κ1) is 16.9. The highest BCUT2D eigenvalue weighted by Gasteiger charge is 2.10. The SMILES string of the molecule is COC[C@@H](C)NC(=S)NNC(=O)CNC(=O)c1ccco1. The maximum Gasteiger partial charge on any atom is 0.287 e. The summed E-state index contributed by atoms with van der Waals surface area (Å²) in [5.74, 6) is -0.774. The van der Waals surface area contributed by atoms with Gasteiger partial charge in [0.05, 0.1) is 19.4 Å². The number of rotatable bonds is 6. The number of ether oxygens (including phenoxy) is 1. The van der Waals surface area contributed by atoms with Crippen molar-refractivity contribution in [2.75, 3.05) is 20.3 Å². The lowest BCUT2D eigenvalue weighted by Crippen LogP contribution is -2.52. The molecule has 0 saturated heterocycles. The standard InChI is InChI=1S/C12H18N4O4S/c1-8(7-19-2)14-12(21)16-15-10(17)6-13-11(18)9-4-3-5-20-9/h3-5,8H,6-7H2,1-2H3,(H,13,18)(H,15,17)(H2,14,16,21)/t8-/m1/s1. The van der Waals surface area contributed by atoms with E-state index in [1.807, 2.05) is 6.92 Å². The molecule has 1 rings (SSSR count). The molecule has 1 heterocycles. The third kappa shape index (κ3) is 6.72. The molecule has 9 heteroatoms. The molecule has 0 aliphatic rings. The lowest BCUT2D eigenvalue weighted by molar-refractivity contribution is -0.120. The van der Waals surface area contributed by atoms with E-state index in [9.17, 15) is 9.59 Å². The van der Waals surface area contributed by atoms with E-state index in [2.05, 4.69) is 21.5 Å². The Balaban J connectivity index is 2.19. The number of furan rings is 1. The molecule has 8 nitrogen and oxygen atoms in total. The minimum Gasteiger partial charge on any atom is -0.459 e. The first-order valence-electron chi connectivity index (χ1n) is 6.19. The molecule has 1 aromatic rings. The highest BCUT2D eigenvalue weighted by Crippen LogP contribution is 1.98. The number of nitrogens with one attached hydrogen (secondary N) is 4. The van der Waals surface area contributed by atoms with E-state index < -0.39 is 11.8 Å². The number of thiocarbonyl (C=S) groups is 1. The van der Waals surface area contributed by atoms with Gasteiger partial charge in [0.25, 0.3) is 11.8 Å². The predicted molar refractivity (Wildman–Crippen MR) is 79.4 cm³/mol. The summed E-state index contributed by atoms with van der Waals surface area (Å²) >= 11 is 4.97. The van der Waals surface area contributed by atoms with Crippen LogP contribution in [0.5, 0.6) is 0 Å². The smallest absolute Gasteiger partial charge is 0.287 e. The van der Waals surface area contributed by atoms with E-state index in [4.69, 9.17) is 21.4 Å². The number of methoxy groups -OCH3 is 1. The molecular formula is C12H18N4O4S. The van der Waals surface area contributed by atoms with Crippen molar-refractivity contribution in [1.29, 1.82) is 0 Å². The Morgan fingerprint density at radius 3 is 2.81 bits per heavy atom. The molecule has 0 aliphatic heterocycles. The van der Waals surface area contributed by atoms with Crippen LogP contribution < -0.4 is 21.5 Å². The van der Waals surface area contributed by atoms with E-state index >= 15 is 0 Å². The molecule has 1 atom stereocenters. The summed E-state index contributed by atoms with van der Waals surface area (Å²) in [5, 5.41) is 5.56. The van der Waals surface area contributed by atoms with E-state index in [1.54, 1.807) is 13.2 Å². The third-order valence-electron chi connectivity index (χ3n) is 2.26. The second-order valence-corrected chi connectivity index (χ2v) is 4.57. The van der Waals surface area contributed by atoms with E-state index in [-0.39, 0.29) is 23.5 Å². The van der Waals surface area contributed by atoms with E-state index in [0.29, 0.717) is 6.61 Å². The van der Waals surface area contributed by atoms with Crippen LogP contribution >= 0.6 is 12.2 Å². The molecule has 0 aliphatic carbocycles. The Morgan fingerprint density at radius 1 is 1.43 bits per heavy atom. The van der Waals surface area contributed by atoms with E-state index in [1.165, 1.54) is 12.3 Å². The van der Waals surface area contributed by atoms with Crippen LogP contribution in [0, 0.1) is 0 Å². The third-order valence-corrected chi connectivity index (χ3v) is 2.48. The molecule has 0 spiro atoms. The van der Waals surface area contributed by atoms with Crippen LogP contribution in [0.3, 0.4) is 0 Å². The Labute approximate surface area is 127 Å². The number of hydrogen-bond donors (Lipinski definition) is 4. The Hall–Kier alpha value is -2.13. The summed E-state index contributed by atoms with van der Waals surface area (Å²) < 4.78 is 9.83. The summed E-state index contributed by atoms with van der Waals surface area (Å²) in [4.78, 5) is 23.0. The molecule has 0 aromatic carbocycles. The van der Waals surface area contributed by atoms with Crippen molar-refractivity contribution >= 4 is 29.1 Å². The number of hydrogen-bond acceptors (Lipinski definition) is 5. The lowest BCUT2D eigenvalue weighted by Gasteiger charge is -2.16. The summed E-state index contributed by atoms with van der Waals surface area (Å²) in [5.41, 5.74) is 4.87. The second-order valence-electron chi connectivity index (χ2n) is 4.16. The molecule has 116 valence electrons. The molecule has 0 bridgehead atoms. The van der Waals surface area contributed by atoms with Gasteiger partial charge < -0.3 is 19.8 Å². The number of carbonyl (C=O) groups is 2. The van der Waals surface area contributed by atoms with Gasteiger partial charge in [0, 0.05) is 13.2 Å². The van der Waals surface area contributed by atoms with Gasteiger partial charge in [-0.1, -0.05) is 0 Å². The Kier molecular flexibility index (Phi) is 7.19.